The fourth-order valence-electron chi connectivity index (χ4n) is 3.01. The second-order valence-electron chi connectivity index (χ2n) is 5.75. The van der Waals surface area contributed by atoms with Crippen molar-refractivity contribution in [2.24, 2.45) is 5.92 Å². The highest BCUT2D eigenvalue weighted by Crippen LogP contribution is 2.26. The quantitative estimate of drug-likeness (QED) is 0.810. The smallest absolute Gasteiger partial charge is 0.184 e. The minimum Gasteiger partial charge on any atom is -0.324 e. The van der Waals surface area contributed by atoms with Crippen LogP contribution in [-0.4, -0.2) is 34.6 Å². The number of fused-ring (bicyclic) bond motifs is 1. The Morgan fingerprint density at radius 2 is 2.00 bits per heavy atom. The van der Waals surface area contributed by atoms with Crippen molar-refractivity contribution in [1.82, 2.24) is 14.5 Å². The average Bonchev–Trinajstić information content (AvgIpc) is 2.84. The first-order valence-corrected chi connectivity index (χ1v) is 7.71. The molecule has 1 fully saturated rings. The maximum Gasteiger partial charge on any atom is 0.184 e. The zero-order valence-corrected chi connectivity index (χ0v) is 12.7. The Kier molecular flexibility index (Phi) is 4.13. The lowest BCUT2D eigenvalue weighted by molar-refractivity contribution is 0.205. The number of benzene rings is 1. The van der Waals surface area contributed by atoms with Gasteiger partial charge in [0.15, 0.2) is 11.6 Å². The molecule has 1 aromatic carbocycles. The molecule has 2 heterocycles. The first kappa shape index (κ1) is 14.7. The molecule has 0 atom stereocenters. The fraction of sp³-hybridized carbons (Fsp3) is 0.533. The van der Waals surface area contributed by atoms with E-state index in [1.165, 1.54) is 6.07 Å². The Bertz CT molecular complexity index is 648. The molecule has 0 amide bonds. The topological polar surface area (TPSA) is 21.1 Å². The Morgan fingerprint density at radius 3 is 2.67 bits per heavy atom. The molecule has 3 rings (SSSR count). The molecule has 1 aliphatic rings. The van der Waals surface area contributed by atoms with Gasteiger partial charge in [-0.05, 0) is 51.0 Å². The van der Waals surface area contributed by atoms with E-state index in [2.05, 4.69) is 16.9 Å². The Hall–Kier alpha value is -1.20. The number of alkyl halides is 1. The van der Waals surface area contributed by atoms with Crippen LogP contribution in [0.3, 0.4) is 0 Å². The maximum absolute atomic E-state index is 14.1. The predicted octanol–water partition coefficient (Wildman–Crippen LogP) is 3.40. The second-order valence-corrected chi connectivity index (χ2v) is 6.02. The average molecular weight is 314 g/mol. The molecule has 0 unspecified atom stereocenters. The lowest BCUT2D eigenvalue weighted by atomic mass is 9.97. The zero-order valence-electron chi connectivity index (χ0n) is 12.0. The number of aromatic nitrogens is 2. The summed E-state index contributed by atoms with van der Waals surface area (Å²) in [6, 6.07) is 2.62. The molecule has 2 aromatic rings. The van der Waals surface area contributed by atoms with E-state index in [-0.39, 0.29) is 11.4 Å². The minimum absolute atomic E-state index is 0.197. The third-order valence-electron chi connectivity index (χ3n) is 4.28. The highest BCUT2D eigenvalue weighted by molar-refractivity contribution is 6.16. The number of piperidine rings is 1. The van der Waals surface area contributed by atoms with Crippen molar-refractivity contribution in [3.8, 4) is 0 Å². The summed E-state index contributed by atoms with van der Waals surface area (Å²) in [7, 11) is 2.10. The SMILES string of the molecule is CN1CCC(Cn2c(CCl)nc3ccc(F)c(F)c32)CC1. The van der Waals surface area contributed by atoms with Crippen LogP contribution in [-0.2, 0) is 12.4 Å². The van der Waals surface area contributed by atoms with Crippen LogP contribution in [0.2, 0.25) is 0 Å². The van der Waals surface area contributed by atoms with Crippen LogP contribution in [0.1, 0.15) is 18.7 Å². The number of halogens is 3. The van der Waals surface area contributed by atoms with Gasteiger partial charge in [0, 0.05) is 6.54 Å². The molecule has 1 aromatic heterocycles. The van der Waals surface area contributed by atoms with Gasteiger partial charge in [0.1, 0.15) is 11.3 Å². The van der Waals surface area contributed by atoms with Crippen LogP contribution in [0, 0.1) is 17.6 Å². The van der Waals surface area contributed by atoms with Crippen molar-refractivity contribution in [2.75, 3.05) is 20.1 Å². The molecule has 1 aliphatic heterocycles. The van der Waals surface area contributed by atoms with Gasteiger partial charge in [0.2, 0.25) is 0 Å². The van der Waals surface area contributed by atoms with Crippen LogP contribution in [0.4, 0.5) is 8.78 Å². The third kappa shape index (κ3) is 2.77. The molecule has 0 bridgehead atoms. The summed E-state index contributed by atoms with van der Waals surface area (Å²) in [4.78, 5) is 6.61. The fourth-order valence-corrected chi connectivity index (χ4v) is 3.21. The lowest BCUT2D eigenvalue weighted by Gasteiger charge is -2.29. The van der Waals surface area contributed by atoms with E-state index in [0.29, 0.717) is 23.8 Å². The standard InChI is InChI=1S/C15H18ClF2N3/c1-20-6-4-10(5-7-20)9-21-13(8-16)19-12-3-2-11(17)14(18)15(12)21/h2-3,10H,4-9H2,1H3. The largest absolute Gasteiger partial charge is 0.324 e. The van der Waals surface area contributed by atoms with Crippen molar-refractivity contribution in [2.45, 2.75) is 25.3 Å². The zero-order chi connectivity index (χ0) is 15.0. The van der Waals surface area contributed by atoms with Gasteiger partial charge in [0.05, 0.1) is 11.4 Å². The van der Waals surface area contributed by atoms with Gasteiger partial charge in [0.25, 0.3) is 0 Å². The summed E-state index contributed by atoms with van der Waals surface area (Å²) in [5.74, 6) is -0.418. The van der Waals surface area contributed by atoms with E-state index < -0.39 is 11.6 Å². The van der Waals surface area contributed by atoms with Gasteiger partial charge < -0.3 is 9.47 Å². The minimum atomic E-state index is -0.840. The molecular formula is C15H18ClF2N3. The van der Waals surface area contributed by atoms with Crippen LogP contribution in [0.15, 0.2) is 12.1 Å². The Morgan fingerprint density at radius 1 is 1.29 bits per heavy atom. The van der Waals surface area contributed by atoms with Crippen LogP contribution < -0.4 is 0 Å². The van der Waals surface area contributed by atoms with E-state index >= 15 is 0 Å². The molecule has 0 radical (unpaired) electrons. The molecule has 21 heavy (non-hydrogen) atoms. The normalized spacial score (nSPS) is 17.7. The monoisotopic (exact) mass is 313 g/mol. The highest BCUT2D eigenvalue weighted by Gasteiger charge is 2.22. The molecule has 114 valence electrons. The van der Waals surface area contributed by atoms with E-state index in [1.54, 1.807) is 4.57 Å². The van der Waals surface area contributed by atoms with Crippen LogP contribution >= 0.6 is 11.6 Å². The molecule has 6 heteroatoms. The van der Waals surface area contributed by atoms with Crippen LogP contribution in [0.25, 0.3) is 11.0 Å². The van der Waals surface area contributed by atoms with Crippen LogP contribution in [0.5, 0.6) is 0 Å². The number of hydrogen-bond donors (Lipinski definition) is 0. The van der Waals surface area contributed by atoms with Crippen molar-refractivity contribution in [3.05, 3.63) is 29.6 Å². The molecule has 1 saturated heterocycles. The van der Waals surface area contributed by atoms with Crippen molar-refractivity contribution in [3.63, 3.8) is 0 Å². The van der Waals surface area contributed by atoms with Crippen molar-refractivity contribution < 1.29 is 8.78 Å². The first-order valence-electron chi connectivity index (χ1n) is 7.17. The first-order chi connectivity index (χ1) is 10.1. The molecule has 0 aliphatic carbocycles. The highest BCUT2D eigenvalue weighted by atomic mass is 35.5. The Labute approximate surface area is 127 Å². The second kappa shape index (κ2) is 5.89. The number of rotatable bonds is 3. The lowest BCUT2D eigenvalue weighted by Crippen LogP contribution is -2.32. The summed E-state index contributed by atoms with van der Waals surface area (Å²) >= 11 is 5.93. The van der Waals surface area contributed by atoms with Crippen molar-refractivity contribution in [1.29, 1.82) is 0 Å². The number of likely N-dealkylation sites (tertiary alicyclic amines) is 1. The van der Waals surface area contributed by atoms with Gasteiger partial charge in [-0.25, -0.2) is 13.8 Å². The summed E-state index contributed by atoms with van der Waals surface area (Å²) in [5, 5.41) is 0. The van der Waals surface area contributed by atoms with Crippen molar-refractivity contribution >= 4 is 22.6 Å². The molecule has 3 nitrogen and oxygen atoms in total. The number of nitrogens with zero attached hydrogens (tertiary/aromatic N) is 3. The van der Waals surface area contributed by atoms with Gasteiger partial charge in [-0.3, -0.25) is 0 Å². The third-order valence-corrected chi connectivity index (χ3v) is 4.52. The summed E-state index contributed by atoms with van der Waals surface area (Å²) in [5.41, 5.74) is 0.710. The van der Waals surface area contributed by atoms with E-state index in [0.717, 1.165) is 32.0 Å². The summed E-state index contributed by atoms with van der Waals surface area (Å²) in [6.45, 7) is 2.71. The van der Waals surface area contributed by atoms with Gasteiger partial charge in [-0.15, -0.1) is 11.6 Å². The maximum atomic E-state index is 14.1. The molecule has 0 spiro atoms. The molecular weight excluding hydrogens is 296 g/mol. The number of hydrogen-bond acceptors (Lipinski definition) is 2. The summed E-state index contributed by atoms with van der Waals surface area (Å²) in [6.07, 6.45) is 2.10. The Balaban J connectivity index is 1.98. The molecule has 0 N–H and O–H groups in total. The summed E-state index contributed by atoms with van der Waals surface area (Å²) < 4.78 is 29.4. The van der Waals surface area contributed by atoms with Gasteiger partial charge >= 0.3 is 0 Å². The van der Waals surface area contributed by atoms with E-state index in [9.17, 15) is 8.78 Å². The van der Waals surface area contributed by atoms with E-state index in [1.807, 2.05) is 0 Å². The number of imidazole rings is 1. The van der Waals surface area contributed by atoms with Gasteiger partial charge in [-0.2, -0.15) is 0 Å². The molecule has 0 saturated carbocycles. The van der Waals surface area contributed by atoms with Gasteiger partial charge in [-0.1, -0.05) is 0 Å². The predicted molar refractivity (Wildman–Crippen MR) is 79.4 cm³/mol. The van der Waals surface area contributed by atoms with E-state index in [4.69, 9.17) is 11.6 Å².